The first-order valence-electron chi connectivity index (χ1n) is 6.87. The number of carbonyl (C=O) groups is 1. The highest BCUT2D eigenvalue weighted by atomic mass is 32.1. The summed E-state index contributed by atoms with van der Waals surface area (Å²) in [7, 11) is 0. The third kappa shape index (κ3) is 2.98. The van der Waals surface area contributed by atoms with Crippen LogP contribution in [0.5, 0.6) is 5.88 Å². The minimum absolute atomic E-state index is 0.00610. The van der Waals surface area contributed by atoms with E-state index in [0.717, 1.165) is 21.5 Å². The van der Waals surface area contributed by atoms with Gasteiger partial charge in [-0.1, -0.05) is 0 Å². The molecule has 0 saturated carbocycles. The fourth-order valence-corrected chi connectivity index (χ4v) is 3.23. The first-order chi connectivity index (χ1) is 10.1. The molecular weight excluding hydrogens is 290 g/mol. The van der Waals surface area contributed by atoms with Gasteiger partial charge < -0.3 is 14.4 Å². The number of ether oxygens (including phenoxy) is 2. The Morgan fingerprint density at radius 3 is 2.95 bits per heavy atom. The van der Waals surface area contributed by atoms with Crippen molar-refractivity contribution in [1.82, 2.24) is 14.3 Å². The van der Waals surface area contributed by atoms with Gasteiger partial charge in [0.05, 0.1) is 18.6 Å². The van der Waals surface area contributed by atoms with Crippen molar-refractivity contribution in [2.75, 3.05) is 32.9 Å². The molecule has 0 spiro atoms. The van der Waals surface area contributed by atoms with E-state index in [0.29, 0.717) is 32.2 Å². The van der Waals surface area contributed by atoms with Crippen LogP contribution in [0.3, 0.4) is 0 Å². The van der Waals surface area contributed by atoms with Crippen LogP contribution in [0.2, 0.25) is 0 Å². The summed E-state index contributed by atoms with van der Waals surface area (Å²) in [5.41, 5.74) is 2.03. The molecule has 1 saturated heterocycles. The summed E-state index contributed by atoms with van der Waals surface area (Å²) < 4.78 is 15.1. The second-order valence-corrected chi connectivity index (χ2v) is 5.78. The van der Waals surface area contributed by atoms with Gasteiger partial charge in [-0.25, -0.2) is 4.98 Å². The summed E-state index contributed by atoms with van der Waals surface area (Å²) in [6, 6.07) is 1.99. The molecule has 0 bridgehead atoms. The predicted molar refractivity (Wildman–Crippen MR) is 79.8 cm³/mol. The molecule has 0 unspecified atom stereocenters. The van der Waals surface area contributed by atoms with Crippen LogP contribution >= 0.6 is 11.5 Å². The van der Waals surface area contributed by atoms with Crippen molar-refractivity contribution in [3.05, 3.63) is 17.3 Å². The summed E-state index contributed by atoms with van der Waals surface area (Å²) >= 11 is 1.30. The Labute approximate surface area is 126 Å². The average molecular weight is 307 g/mol. The normalized spacial score (nSPS) is 15.4. The molecule has 112 valence electrons. The zero-order valence-electron chi connectivity index (χ0n) is 12.1. The fraction of sp³-hybridized carbons (Fsp3) is 0.500. The van der Waals surface area contributed by atoms with E-state index in [-0.39, 0.29) is 12.5 Å². The van der Waals surface area contributed by atoms with Crippen molar-refractivity contribution < 1.29 is 14.3 Å². The molecule has 21 heavy (non-hydrogen) atoms. The number of hydrogen-bond acceptors (Lipinski definition) is 6. The van der Waals surface area contributed by atoms with Crippen LogP contribution in [-0.4, -0.2) is 53.1 Å². The molecule has 0 aromatic carbocycles. The third-order valence-electron chi connectivity index (χ3n) is 3.44. The first kappa shape index (κ1) is 14.2. The van der Waals surface area contributed by atoms with Gasteiger partial charge in [0, 0.05) is 18.8 Å². The number of nitrogens with zero attached hydrogens (tertiary/aromatic N) is 3. The van der Waals surface area contributed by atoms with E-state index >= 15 is 0 Å². The zero-order valence-corrected chi connectivity index (χ0v) is 12.9. The minimum atomic E-state index is -0.0304. The van der Waals surface area contributed by atoms with E-state index in [1.54, 1.807) is 4.90 Å². The molecule has 2 aromatic rings. The van der Waals surface area contributed by atoms with Crippen molar-refractivity contribution in [2.24, 2.45) is 0 Å². The maximum absolute atomic E-state index is 12.1. The number of rotatable bonds is 3. The molecule has 1 aliphatic heterocycles. The van der Waals surface area contributed by atoms with Gasteiger partial charge in [0.25, 0.3) is 5.91 Å². The Morgan fingerprint density at radius 1 is 1.43 bits per heavy atom. The molecule has 3 heterocycles. The largest absolute Gasteiger partial charge is 0.466 e. The number of carbonyl (C=O) groups excluding carboxylic acids is 1. The Hall–Kier alpha value is -1.73. The lowest BCUT2D eigenvalue weighted by molar-refractivity contribution is -0.137. The molecule has 0 N–H and O–H groups in total. The predicted octanol–water partition coefficient (Wildman–Crippen LogP) is 1.55. The van der Waals surface area contributed by atoms with Crippen molar-refractivity contribution in [3.63, 3.8) is 0 Å². The number of pyridine rings is 1. The number of hydrogen-bond donors (Lipinski definition) is 0. The average Bonchev–Trinajstić information content (AvgIpc) is 2.89. The van der Waals surface area contributed by atoms with Crippen LogP contribution in [0.1, 0.15) is 11.3 Å². The summed E-state index contributed by atoms with van der Waals surface area (Å²) in [5.74, 6) is 0.471. The van der Waals surface area contributed by atoms with E-state index in [1.807, 2.05) is 19.9 Å². The number of amides is 1. The van der Waals surface area contributed by atoms with Gasteiger partial charge in [-0.2, -0.15) is 4.37 Å². The van der Waals surface area contributed by atoms with Gasteiger partial charge >= 0.3 is 0 Å². The lowest BCUT2D eigenvalue weighted by Crippen LogP contribution is -2.43. The highest BCUT2D eigenvalue weighted by Gasteiger charge is 2.19. The smallest absolute Gasteiger partial charge is 0.260 e. The highest BCUT2D eigenvalue weighted by molar-refractivity contribution is 7.13. The van der Waals surface area contributed by atoms with Crippen LogP contribution in [0.4, 0.5) is 0 Å². The quantitative estimate of drug-likeness (QED) is 0.861. The van der Waals surface area contributed by atoms with Crippen molar-refractivity contribution in [3.8, 4) is 5.88 Å². The van der Waals surface area contributed by atoms with Gasteiger partial charge in [-0.15, -0.1) is 0 Å². The van der Waals surface area contributed by atoms with E-state index < -0.39 is 0 Å². The Morgan fingerprint density at radius 2 is 2.19 bits per heavy atom. The molecule has 3 rings (SSSR count). The summed E-state index contributed by atoms with van der Waals surface area (Å²) in [5, 5.41) is 0.903. The monoisotopic (exact) mass is 307 g/mol. The molecule has 7 heteroatoms. The summed E-state index contributed by atoms with van der Waals surface area (Å²) in [6.45, 7) is 6.39. The number of aryl methyl sites for hydroxylation is 2. The highest BCUT2D eigenvalue weighted by Crippen LogP contribution is 2.30. The van der Waals surface area contributed by atoms with Crippen LogP contribution in [-0.2, 0) is 9.53 Å². The molecule has 1 fully saturated rings. The Bertz CT molecular complexity index is 665. The summed E-state index contributed by atoms with van der Waals surface area (Å²) in [6.07, 6.45) is 0. The van der Waals surface area contributed by atoms with Gasteiger partial charge in [0.2, 0.25) is 5.88 Å². The van der Waals surface area contributed by atoms with Crippen LogP contribution in [0, 0.1) is 13.8 Å². The van der Waals surface area contributed by atoms with Crippen LogP contribution in [0.25, 0.3) is 10.2 Å². The van der Waals surface area contributed by atoms with Crippen molar-refractivity contribution in [2.45, 2.75) is 13.8 Å². The summed E-state index contributed by atoms with van der Waals surface area (Å²) in [4.78, 5) is 19.1. The Kier molecular flexibility index (Phi) is 4.03. The van der Waals surface area contributed by atoms with Crippen molar-refractivity contribution in [1.29, 1.82) is 0 Å². The molecule has 2 aromatic heterocycles. The van der Waals surface area contributed by atoms with Gasteiger partial charge in [-0.3, -0.25) is 4.79 Å². The maximum Gasteiger partial charge on any atom is 0.260 e. The second kappa shape index (κ2) is 5.95. The lowest BCUT2D eigenvalue weighted by atomic mass is 10.2. The molecule has 6 nitrogen and oxygen atoms in total. The minimum Gasteiger partial charge on any atom is -0.466 e. The number of aromatic nitrogens is 2. The molecule has 1 aliphatic rings. The fourth-order valence-electron chi connectivity index (χ4n) is 2.39. The van der Waals surface area contributed by atoms with Gasteiger partial charge in [0.15, 0.2) is 6.61 Å². The van der Waals surface area contributed by atoms with E-state index in [2.05, 4.69) is 9.36 Å². The molecule has 0 aliphatic carbocycles. The standard InChI is InChI=1S/C14H17N3O3S/c1-9-7-10(2)15-14-12(9)13(16-21-14)20-8-11(18)17-3-5-19-6-4-17/h7H,3-6,8H2,1-2H3. The number of morpholine rings is 1. The molecule has 0 atom stereocenters. The Balaban J connectivity index is 1.72. The third-order valence-corrected chi connectivity index (χ3v) is 4.16. The van der Waals surface area contributed by atoms with Gasteiger partial charge in [-0.05, 0) is 37.0 Å². The molecule has 0 radical (unpaired) electrons. The second-order valence-electron chi connectivity index (χ2n) is 5.03. The molecular formula is C14H17N3O3S. The van der Waals surface area contributed by atoms with Gasteiger partial charge in [0.1, 0.15) is 4.83 Å². The van der Waals surface area contributed by atoms with E-state index in [4.69, 9.17) is 9.47 Å². The zero-order chi connectivity index (χ0) is 14.8. The lowest BCUT2D eigenvalue weighted by Gasteiger charge is -2.26. The topological polar surface area (TPSA) is 64.5 Å². The van der Waals surface area contributed by atoms with Crippen molar-refractivity contribution >= 4 is 27.7 Å². The van der Waals surface area contributed by atoms with Crippen LogP contribution < -0.4 is 4.74 Å². The first-order valence-corrected chi connectivity index (χ1v) is 7.64. The maximum atomic E-state index is 12.1. The molecule has 1 amide bonds. The van der Waals surface area contributed by atoms with E-state index in [1.165, 1.54) is 11.5 Å². The van der Waals surface area contributed by atoms with Crippen LogP contribution in [0.15, 0.2) is 6.07 Å². The SMILES string of the molecule is Cc1cc(C)c2c(OCC(=O)N3CCOCC3)nsc2n1. The van der Waals surface area contributed by atoms with E-state index in [9.17, 15) is 4.79 Å². The number of fused-ring (bicyclic) bond motifs is 1.